The van der Waals surface area contributed by atoms with Crippen LogP contribution in [0.4, 0.5) is 0 Å². The Morgan fingerprint density at radius 1 is 0.882 bits per heavy atom. The molecular weight excluding hydrogens is 228 g/mol. The van der Waals surface area contributed by atoms with Crippen molar-refractivity contribution in [1.29, 1.82) is 0 Å². The molecule has 0 aliphatic carbocycles. The third kappa shape index (κ3) is 1.87. The molecule has 0 aliphatic heterocycles. The van der Waals surface area contributed by atoms with Crippen LogP contribution in [0.15, 0.2) is 60.0 Å². The molecule has 3 rings (SSSR count). The van der Waals surface area contributed by atoms with Crippen molar-refractivity contribution in [2.24, 2.45) is 0 Å². The molecule has 0 N–H and O–H groups in total. The molecule has 17 heavy (non-hydrogen) atoms. The largest absolute Gasteiger partial charge is 0.288 e. The van der Waals surface area contributed by atoms with E-state index < -0.39 is 0 Å². The van der Waals surface area contributed by atoms with Gasteiger partial charge in [-0.25, -0.2) is 0 Å². The van der Waals surface area contributed by atoms with Crippen molar-refractivity contribution in [3.63, 3.8) is 0 Å². The van der Waals surface area contributed by atoms with Crippen LogP contribution in [0.5, 0.6) is 0 Å². The fourth-order valence-electron chi connectivity index (χ4n) is 1.88. The van der Waals surface area contributed by atoms with E-state index in [0.717, 1.165) is 21.2 Å². The minimum Gasteiger partial charge on any atom is -0.288 e. The quantitative estimate of drug-likeness (QED) is 0.613. The third-order valence-electron chi connectivity index (χ3n) is 2.76. The van der Waals surface area contributed by atoms with E-state index in [1.54, 1.807) is 0 Å². The van der Waals surface area contributed by atoms with Crippen LogP contribution in [0.1, 0.15) is 15.2 Å². The lowest BCUT2D eigenvalue weighted by molar-refractivity contribution is 0.104. The zero-order valence-corrected chi connectivity index (χ0v) is 9.91. The second-order valence-corrected chi connectivity index (χ2v) is 4.82. The first-order valence-electron chi connectivity index (χ1n) is 5.41. The van der Waals surface area contributed by atoms with E-state index in [9.17, 15) is 4.79 Å². The van der Waals surface area contributed by atoms with E-state index in [-0.39, 0.29) is 5.78 Å². The number of carbonyl (C=O) groups is 1. The lowest BCUT2D eigenvalue weighted by atomic mass is 10.0. The molecule has 3 aromatic rings. The highest BCUT2D eigenvalue weighted by molar-refractivity contribution is 7.12. The number of rotatable bonds is 2. The first kappa shape index (κ1) is 10.2. The zero-order valence-electron chi connectivity index (χ0n) is 9.09. The van der Waals surface area contributed by atoms with E-state index in [2.05, 4.69) is 6.07 Å². The van der Waals surface area contributed by atoms with Crippen molar-refractivity contribution in [1.82, 2.24) is 0 Å². The van der Waals surface area contributed by atoms with Crippen LogP contribution in [-0.4, -0.2) is 5.78 Å². The minimum atomic E-state index is 0.103. The summed E-state index contributed by atoms with van der Waals surface area (Å²) in [5.41, 5.74) is 0.756. The number of ketones is 1. The predicted octanol–water partition coefficient (Wildman–Crippen LogP) is 4.13. The molecule has 0 radical (unpaired) electrons. The van der Waals surface area contributed by atoms with Crippen molar-refractivity contribution in [2.45, 2.75) is 0 Å². The fourth-order valence-corrected chi connectivity index (χ4v) is 2.57. The molecule has 0 unspecified atom stereocenters. The van der Waals surface area contributed by atoms with Gasteiger partial charge in [-0.2, -0.15) is 0 Å². The van der Waals surface area contributed by atoms with E-state index >= 15 is 0 Å². The molecule has 1 heterocycles. The summed E-state index contributed by atoms with van der Waals surface area (Å²) in [6, 6.07) is 17.7. The molecule has 0 fully saturated rings. The second-order valence-electron chi connectivity index (χ2n) is 3.87. The van der Waals surface area contributed by atoms with Crippen molar-refractivity contribution in [3.8, 4) is 0 Å². The Hall–Kier alpha value is -1.93. The Labute approximate surface area is 103 Å². The number of hydrogen-bond donors (Lipinski definition) is 0. The first-order chi connectivity index (χ1) is 8.34. The van der Waals surface area contributed by atoms with Crippen LogP contribution >= 0.6 is 11.3 Å². The van der Waals surface area contributed by atoms with E-state index in [1.165, 1.54) is 11.3 Å². The van der Waals surface area contributed by atoms with Gasteiger partial charge >= 0.3 is 0 Å². The molecule has 1 nitrogen and oxygen atoms in total. The van der Waals surface area contributed by atoms with Gasteiger partial charge in [-0.15, -0.1) is 11.3 Å². The van der Waals surface area contributed by atoms with Gasteiger partial charge in [-0.3, -0.25) is 4.79 Å². The van der Waals surface area contributed by atoms with Crippen LogP contribution in [0.2, 0.25) is 0 Å². The molecule has 0 spiro atoms. The van der Waals surface area contributed by atoms with Crippen molar-refractivity contribution >= 4 is 27.9 Å². The van der Waals surface area contributed by atoms with E-state index in [1.807, 2.05) is 53.9 Å². The van der Waals surface area contributed by atoms with Gasteiger partial charge in [0.2, 0.25) is 5.78 Å². The summed E-state index contributed by atoms with van der Waals surface area (Å²) in [5, 5.41) is 4.19. The maximum atomic E-state index is 12.2. The molecule has 0 bridgehead atoms. The van der Waals surface area contributed by atoms with E-state index in [0.29, 0.717) is 0 Å². The number of carbonyl (C=O) groups excluding carboxylic acids is 1. The summed E-state index contributed by atoms with van der Waals surface area (Å²) < 4.78 is 0. The average molecular weight is 238 g/mol. The minimum absolute atomic E-state index is 0.103. The molecule has 2 aromatic carbocycles. The Morgan fingerprint density at radius 3 is 2.47 bits per heavy atom. The number of thiophene rings is 1. The topological polar surface area (TPSA) is 17.1 Å². The maximum Gasteiger partial charge on any atom is 0.202 e. The maximum absolute atomic E-state index is 12.2. The van der Waals surface area contributed by atoms with Gasteiger partial charge in [0, 0.05) is 5.56 Å². The van der Waals surface area contributed by atoms with Gasteiger partial charge in [0.1, 0.15) is 0 Å². The van der Waals surface area contributed by atoms with Crippen LogP contribution in [0, 0.1) is 0 Å². The molecule has 2 heteroatoms. The molecular formula is C15H10OS. The van der Waals surface area contributed by atoms with Gasteiger partial charge in [-0.1, -0.05) is 42.5 Å². The van der Waals surface area contributed by atoms with Crippen molar-refractivity contribution in [3.05, 3.63) is 70.4 Å². The monoisotopic (exact) mass is 238 g/mol. The fraction of sp³-hybridized carbons (Fsp3) is 0. The molecule has 0 aliphatic rings. The highest BCUT2D eigenvalue weighted by Crippen LogP contribution is 2.20. The van der Waals surface area contributed by atoms with Gasteiger partial charge in [0.25, 0.3) is 0 Å². The zero-order chi connectivity index (χ0) is 11.7. The molecule has 0 saturated carbocycles. The second kappa shape index (κ2) is 4.15. The van der Waals surface area contributed by atoms with Crippen molar-refractivity contribution < 1.29 is 4.79 Å². The summed E-state index contributed by atoms with van der Waals surface area (Å²) in [5.74, 6) is 0.103. The summed E-state index contributed by atoms with van der Waals surface area (Å²) in [6.45, 7) is 0. The lowest BCUT2D eigenvalue weighted by Gasteiger charge is -2.01. The predicted molar refractivity (Wildman–Crippen MR) is 71.7 cm³/mol. The van der Waals surface area contributed by atoms with Crippen LogP contribution in [-0.2, 0) is 0 Å². The number of benzene rings is 2. The highest BCUT2D eigenvalue weighted by atomic mass is 32.1. The number of hydrogen-bond acceptors (Lipinski definition) is 2. The third-order valence-corrected chi connectivity index (χ3v) is 3.63. The smallest absolute Gasteiger partial charge is 0.202 e. The lowest BCUT2D eigenvalue weighted by Crippen LogP contribution is -1.97. The summed E-state index contributed by atoms with van der Waals surface area (Å²) in [4.78, 5) is 13.0. The Balaban J connectivity index is 2.09. The van der Waals surface area contributed by atoms with Crippen molar-refractivity contribution in [2.75, 3.05) is 0 Å². The Kier molecular flexibility index (Phi) is 2.50. The average Bonchev–Trinajstić information content (AvgIpc) is 2.91. The van der Waals surface area contributed by atoms with Crippen LogP contribution in [0.25, 0.3) is 10.8 Å². The van der Waals surface area contributed by atoms with E-state index in [4.69, 9.17) is 0 Å². The molecule has 0 saturated heterocycles. The number of fused-ring (bicyclic) bond motifs is 1. The van der Waals surface area contributed by atoms with Gasteiger partial charge in [0.15, 0.2) is 0 Å². The summed E-state index contributed by atoms with van der Waals surface area (Å²) >= 11 is 1.48. The van der Waals surface area contributed by atoms with Gasteiger partial charge < -0.3 is 0 Å². The molecule has 82 valence electrons. The molecule has 1 aromatic heterocycles. The summed E-state index contributed by atoms with van der Waals surface area (Å²) in [7, 11) is 0. The highest BCUT2D eigenvalue weighted by Gasteiger charge is 2.09. The standard InChI is InChI=1S/C15H10OS/c16-15(14-6-3-9-17-14)13-8-7-11-4-1-2-5-12(11)10-13/h1-10H. The SMILES string of the molecule is O=C(c1ccc2ccccc2c1)c1cccs1. The first-order valence-corrected chi connectivity index (χ1v) is 6.29. The van der Waals surface area contributed by atoms with Gasteiger partial charge in [-0.05, 0) is 28.3 Å². The van der Waals surface area contributed by atoms with Crippen LogP contribution in [0.3, 0.4) is 0 Å². The van der Waals surface area contributed by atoms with Gasteiger partial charge in [0.05, 0.1) is 4.88 Å². The Bertz CT molecular complexity index is 668. The normalized spacial score (nSPS) is 10.6. The van der Waals surface area contributed by atoms with Crippen LogP contribution < -0.4 is 0 Å². The summed E-state index contributed by atoms with van der Waals surface area (Å²) in [6.07, 6.45) is 0. The molecule has 0 atom stereocenters. The Morgan fingerprint density at radius 2 is 1.71 bits per heavy atom. The molecule has 0 amide bonds.